The Morgan fingerprint density at radius 1 is 1.14 bits per heavy atom. The maximum absolute atomic E-state index is 12.9. The van der Waals surface area contributed by atoms with Gasteiger partial charge in [-0.05, 0) is 25.5 Å². The molecule has 2 heterocycles. The van der Waals surface area contributed by atoms with Gasteiger partial charge in [-0.1, -0.05) is 30.3 Å². The lowest BCUT2D eigenvalue weighted by atomic mass is 9.88. The van der Waals surface area contributed by atoms with Gasteiger partial charge >= 0.3 is 0 Å². The second-order valence-corrected chi connectivity index (χ2v) is 6.08. The van der Waals surface area contributed by atoms with Crippen molar-refractivity contribution in [2.75, 3.05) is 39.8 Å². The van der Waals surface area contributed by atoms with Crippen molar-refractivity contribution < 1.29 is 9.53 Å². The van der Waals surface area contributed by atoms with Gasteiger partial charge in [-0.3, -0.25) is 4.79 Å². The second-order valence-electron chi connectivity index (χ2n) is 6.08. The van der Waals surface area contributed by atoms with Gasteiger partial charge in [-0.25, -0.2) is 0 Å². The summed E-state index contributed by atoms with van der Waals surface area (Å²) >= 11 is 0. The monoisotopic (exact) mass is 288 g/mol. The van der Waals surface area contributed by atoms with Crippen molar-refractivity contribution in [2.24, 2.45) is 5.92 Å². The SMILES string of the molecule is CN1CCN(C(=O)C2CCCOC2c2ccccc2)CC1. The number of amides is 1. The summed E-state index contributed by atoms with van der Waals surface area (Å²) in [6, 6.07) is 10.2. The van der Waals surface area contributed by atoms with E-state index in [0.29, 0.717) is 0 Å². The Balaban J connectivity index is 1.73. The van der Waals surface area contributed by atoms with E-state index >= 15 is 0 Å². The number of rotatable bonds is 2. The van der Waals surface area contributed by atoms with Gasteiger partial charge in [0.1, 0.15) is 0 Å². The molecule has 0 spiro atoms. The first-order valence-corrected chi connectivity index (χ1v) is 7.89. The van der Waals surface area contributed by atoms with E-state index in [1.54, 1.807) is 0 Å². The highest BCUT2D eigenvalue weighted by molar-refractivity contribution is 5.80. The van der Waals surface area contributed by atoms with Gasteiger partial charge in [0.25, 0.3) is 0 Å². The van der Waals surface area contributed by atoms with Crippen molar-refractivity contribution in [3.05, 3.63) is 35.9 Å². The predicted molar refractivity (Wildman–Crippen MR) is 81.9 cm³/mol. The van der Waals surface area contributed by atoms with Crippen molar-refractivity contribution in [1.29, 1.82) is 0 Å². The van der Waals surface area contributed by atoms with Crippen molar-refractivity contribution >= 4 is 5.91 Å². The van der Waals surface area contributed by atoms with Crippen LogP contribution in [0, 0.1) is 5.92 Å². The Labute approximate surface area is 126 Å². The summed E-state index contributed by atoms with van der Waals surface area (Å²) in [5.74, 6) is 0.251. The summed E-state index contributed by atoms with van der Waals surface area (Å²) in [6.45, 7) is 4.37. The quantitative estimate of drug-likeness (QED) is 0.833. The van der Waals surface area contributed by atoms with Gasteiger partial charge in [0.2, 0.25) is 5.91 Å². The van der Waals surface area contributed by atoms with E-state index in [4.69, 9.17) is 4.74 Å². The standard InChI is InChI=1S/C17H24N2O2/c1-18-9-11-19(12-10-18)17(20)15-8-5-13-21-16(15)14-6-3-2-4-7-14/h2-4,6-7,15-16H,5,8-13H2,1H3. The van der Waals surface area contributed by atoms with Crippen LogP contribution in [0.25, 0.3) is 0 Å². The van der Waals surface area contributed by atoms with Crippen LogP contribution in [0.4, 0.5) is 0 Å². The third kappa shape index (κ3) is 3.27. The molecule has 2 aliphatic heterocycles. The topological polar surface area (TPSA) is 32.8 Å². The molecule has 4 heteroatoms. The zero-order chi connectivity index (χ0) is 14.7. The molecule has 2 aliphatic rings. The van der Waals surface area contributed by atoms with Crippen LogP contribution in [0.2, 0.25) is 0 Å². The molecule has 0 aromatic heterocycles. The molecule has 114 valence electrons. The van der Waals surface area contributed by atoms with Crippen molar-refractivity contribution in [1.82, 2.24) is 9.80 Å². The van der Waals surface area contributed by atoms with Crippen LogP contribution in [0.15, 0.2) is 30.3 Å². The number of carbonyl (C=O) groups excluding carboxylic acids is 1. The first-order valence-electron chi connectivity index (χ1n) is 7.89. The molecule has 4 nitrogen and oxygen atoms in total. The number of hydrogen-bond acceptors (Lipinski definition) is 3. The Morgan fingerprint density at radius 2 is 1.86 bits per heavy atom. The highest BCUT2D eigenvalue weighted by Gasteiger charge is 2.36. The van der Waals surface area contributed by atoms with E-state index in [0.717, 1.165) is 51.2 Å². The maximum Gasteiger partial charge on any atom is 0.228 e. The highest BCUT2D eigenvalue weighted by atomic mass is 16.5. The average Bonchev–Trinajstić information content (AvgIpc) is 2.56. The Morgan fingerprint density at radius 3 is 2.57 bits per heavy atom. The molecular formula is C17H24N2O2. The molecule has 1 aromatic rings. The average molecular weight is 288 g/mol. The third-order valence-electron chi connectivity index (χ3n) is 4.58. The summed E-state index contributed by atoms with van der Waals surface area (Å²) in [4.78, 5) is 17.2. The smallest absolute Gasteiger partial charge is 0.228 e. The van der Waals surface area contributed by atoms with Gasteiger partial charge in [-0.15, -0.1) is 0 Å². The molecule has 2 fully saturated rings. The number of ether oxygens (including phenoxy) is 1. The van der Waals surface area contributed by atoms with Gasteiger partial charge in [0.15, 0.2) is 0 Å². The fourth-order valence-electron chi connectivity index (χ4n) is 3.27. The predicted octanol–water partition coefficient (Wildman–Crippen LogP) is 1.93. The first-order chi connectivity index (χ1) is 10.3. The first kappa shape index (κ1) is 14.5. The van der Waals surface area contributed by atoms with Crippen LogP contribution in [-0.4, -0.2) is 55.5 Å². The van der Waals surface area contributed by atoms with E-state index in [1.807, 2.05) is 23.1 Å². The lowest BCUT2D eigenvalue weighted by Gasteiger charge is -2.38. The molecule has 0 radical (unpaired) electrons. The molecule has 21 heavy (non-hydrogen) atoms. The molecule has 0 aliphatic carbocycles. The van der Waals surface area contributed by atoms with Gasteiger partial charge in [0, 0.05) is 32.8 Å². The van der Waals surface area contributed by atoms with E-state index in [9.17, 15) is 4.79 Å². The fourth-order valence-corrected chi connectivity index (χ4v) is 3.27. The largest absolute Gasteiger partial charge is 0.373 e. The Bertz CT molecular complexity index is 469. The minimum absolute atomic E-state index is 0.0236. The molecule has 0 N–H and O–H groups in total. The van der Waals surface area contributed by atoms with Crippen molar-refractivity contribution in [3.8, 4) is 0 Å². The number of carbonyl (C=O) groups is 1. The second kappa shape index (κ2) is 6.58. The lowest BCUT2D eigenvalue weighted by Crippen LogP contribution is -2.50. The summed E-state index contributed by atoms with van der Waals surface area (Å²) in [5.41, 5.74) is 1.13. The summed E-state index contributed by atoms with van der Waals surface area (Å²) < 4.78 is 5.95. The molecular weight excluding hydrogens is 264 g/mol. The maximum atomic E-state index is 12.9. The number of benzene rings is 1. The van der Waals surface area contributed by atoms with Crippen LogP contribution in [0.1, 0.15) is 24.5 Å². The van der Waals surface area contributed by atoms with E-state index < -0.39 is 0 Å². The van der Waals surface area contributed by atoms with Crippen LogP contribution < -0.4 is 0 Å². The zero-order valence-electron chi connectivity index (χ0n) is 12.7. The zero-order valence-corrected chi connectivity index (χ0v) is 12.7. The summed E-state index contributed by atoms with van der Waals surface area (Å²) in [6.07, 6.45) is 1.84. The molecule has 0 saturated carbocycles. The van der Waals surface area contributed by atoms with Crippen molar-refractivity contribution in [2.45, 2.75) is 18.9 Å². The highest BCUT2D eigenvalue weighted by Crippen LogP contribution is 2.34. The summed E-state index contributed by atoms with van der Waals surface area (Å²) in [7, 11) is 2.11. The molecule has 2 unspecified atom stereocenters. The normalized spacial score (nSPS) is 27.6. The molecule has 2 atom stereocenters. The molecule has 1 amide bonds. The molecule has 2 saturated heterocycles. The fraction of sp³-hybridized carbons (Fsp3) is 0.588. The van der Waals surface area contributed by atoms with Crippen molar-refractivity contribution in [3.63, 3.8) is 0 Å². The number of likely N-dealkylation sites (N-methyl/N-ethyl adjacent to an activating group) is 1. The van der Waals surface area contributed by atoms with Crippen LogP contribution in [0.3, 0.4) is 0 Å². The summed E-state index contributed by atoms with van der Waals surface area (Å²) in [5, 5.41) is 0. The van der Waals surface area contributed by atoms with Gasteiger partial charge in [-0.2, -0.15) is 0 Å². The van der Waals surface area contributed by atoms with E-state index in [-0.39, 0.29) is 17.9 Å². The molecule has 3 rings (SSSR count). The Hall–Kier alpha value is -1.39. The van der Waals surface area contributed by atoms with Gasteiger partial charge in [0.05, 0.1) is 12.0 Å². The van der Waals surface area contributed by atoms with E-state index in [2.05, 4.69) is 24.1 Å². The number of nitrogens with zero attached hydrogens (tertiary/aromatic N) is 2. The van der Waals surface area contributed by atoms with Crippen LogP contribution in [-0.2, 0) is 9.53 Å². The molecule has 0 bridgehead atoms. The lowest BCUT2D eigenvalue weighted by molar-refractivity contribution is -0.147. The molecule has 1 aromatic carbocycles. The Kier molecular flexibility index (Phi) is 4.56. The van der Waals surface area contributed by atoms with Crippen LogP contribution in [0.5, 0.6) is 0 Å². The van der Waals surface area contributed by atoms with E-state index in [1.165, 1.54) is 0 Å². The minimum Gasteiger partial charge on any atom is -0.373 e. The number of piperazine rings is 1. The number of hydrogen-bond donors (Lipinski definition) is 0. The van der Waals surface area contributed by atoms with Gasteiger partial charge < -0.3 is 14.5 Å². The third-order valence-corrected chi connectivity index (χ3v) is 4.58. The van der Waals surface area contributed by atoms with Crippen LogP contribution >= 0.6 is 0 Å². The minimum atomic E-state index is -0.0768.